The Bertz CT molecular complexity index is 168. The zero-order valence-corrected chi connectivity index (χ0v) is 7.04. The molecule has 0 fully saturated rings. The molecule has 0 unspecified atom stereocenters. The number of rotatable bonds is 4. The minimum atomic E-state index is -0.911. The van der Waals surface area contributed by atoms with E-state index in [1.807, 2.05) is 0 Å². The van der Waals surface area contributed by atoms with E-state index in [0.29, 0.717) is 0 Å². The van der Waals surface area contributed by atoms with Gasteiger partial charge in [0.05, 0.1) is 6.61 Å². The Labute approximate surface area is 73.0 Å². The number of carbonyl (C=O) groups is 2. The zero-order valence-electron chi connectivity index (χ0n) is 6.28. The Balaban J connectivity index is 3.73. The lowest BCUT2D eigenvalue weighted by molar-refractivity contribution is -1.26. The van der Waals surface area contributed by atoms with Gasteiger partial charge in [-0.25, -0.2) is 9.59 Å². The third-order valence-electron chi connectivity index (χ3n) is 0.750. The smallest absolute Gasteiger partial charge is 0.400 e. The molecule has 0 saturated carbocycles. The normalized spacial score (nSPS) is 9.83. The molecule has 0 spiro atoms. The summed E-state index contributed by atoms with van der Waals surface area (Å²) in [6, 6.07) is 0. The molecule has 68 valence electrons. The molecule has 0 aliphatic rings. The quantitative estimate of drug-likeness (QED) is 0.421. The summed E-state index contributed by atoms with van der Waals surface area (Å²) < 4.78 is 17.9. The Kier molecular flexibility index (Phi) is 6.04. The Morgan fingerprint density at radius 1 is 1.42 bits per heavy atom. The van der Waals surface area contributed by atoms with Crippen LogP contribution in [-0.4, -0.2) is 18.5 Å². The lowest BCUT2D eigenvalue weighted by Gasteiger charge is -1.92. The second-order valence-corrected chi connectivity index (χ2v) is 1.82. The van der Waals surface area contributed by atoms with Crippen molar-refractivity contribution in [2.24, 2.45) is 0 Å². The van der Waals surface area contributed by atoms with Crippen molar-refractivity contribution in [3.8, 4) is 0 Å². The van der Waals surface area contributed by atoms with Gasteiger partial charge in [-0.15, -0.1) is 0 Å². The molecule has 6 heteroatoms. The highest BCUT2D eigenvalue weighted by atomic mass is 35.6. The van der Waals surface area contributed by atoms with Gasteiger partial charge in [0.25, 0.3) is 0 Å². The molecule has 0 heterocycles. The van der Waals surface area contributed by atoms with E-state index < -0.39 is 11.9 Å². The summed E-state index contributed by atoms with van der Waals surface area (Å²) in [6.07, 6.45) is 1.69. The highest BCUT2D eigenvalue weighted by Crippen LogP contribution is 1.84. The predicted octanol–water partition coefficient (Wildman–Crippen LogP) is -1.08. The van der Waals surface area contributed by atoms with Crippen LogP contribution in [0.15, 0.2) is 12.2 Å². The molecule has 0 aromatic heterocycles. The molecule has 0 aliphatic heterocycles. The number of carbonyl (C=O) groups excluding carboxylic acids is 2. The lowest BCUT2D eigenvalue weighted by Crippen LogP contribution is -2.09. The van der Waals surface area contributed by atoms with E-state index in [1.54, 1.807) is 6.92 Å². The molecule has 12 heavy (non-hydrogen) atoms. The van der Waals surface area contributed by atoms with Crippen LogP contribution >= 0.6 is 0 Å². The van der Waals surface area contributed by atoms with Gasteiger partial charge in [0, 0.05) is 12.2 Å². The maximum atomic E-state index is 10.5. The van der Waals surface area contributed by atoms with Gasteiger partial charge in [-0.05, 0) is 6.92 Å². The van der Waals surface area contributed by atoms with Gasteiger partial charge >= 0.3 is 23.3 Å². The first-order valence-electron chi connectivity index (χ1n) is 3.03. The Morgan fingerprint density at radius 2 is 2.00 bits per heavy atom. The first-order chi connectivity index (χ1) is 5.70. The minimum absolute atomic E-state index is 0.0880. The number of esters is 1. The topological polar surface area (TPSA) is 75.7 Å². The fourth-order valence-electron chi connectivity index (χ4n) is 0.383. The minimum Gasteiger partial charge on any atom is -0.495 e. The van der Waals surface area contributed by atoms with Crippen LogP contribution in [0.3, 0.4) is 0 Å². The Morgan fingerprint density at radius 3 is 2.50 bits per heavy atom. The van der Waals surface area contributed by atoms with Crippen LogP contribution in [0, 0.1) is 11.3 Å². The molecule has 0 amide bonds. The summed E-state index contributed by atoms with van der Waals surface area (Å²) >= 11 is 0.0880. The second kappa shape index (κ2) is 6.63. The van der Waals surface area contributed by atoms with E-state index in [4.69, 9.17) is 0 Å². The van der Waals surface area contributed by atoms with Crippen molar-refractivity contribution in [1.29, 1.82) is 0 Å². The molecule has 0 atom stereocenters. The second-order valence-electron chi connectivity index (χ2n) is 1.54. The maximum Gasteiger partial charge on any atom is 0.400 e. The molecule has 0 bridgehead atoms. The van der Waals surface area contributed by atoms with Crippen molar-refractivity contribution in [2.45, 2.75) is 6.92 Å². The van der Waals surface area contributed by atoms with E-state index in [9.17, 15) is 14.2 Å². The fourth-order valence-corrected chi connectivity index (χ4v) is 0.497. The van der Waals surface area contributed by atoms with E-state index >= 15 is 0 Å². The van der Waals surface area contributed by atoms with Crippen LogP contribution in [0.1, 0.15) is 6.92 Å². The van der Waals surface area contributed by atoms with Crippen molar-refractivity contribution in [1.82, 2.24) is 0 Å². The predicted molar refractivity (Wildman–Crippen MR) is 31.9 cm³/mol. The van der Waals surface area contributed by atoms with Crippen LogP contribution in [-0.2, 0) is 18.6 Å². The van der Waals surface area contributed by atoms with Gasteiger partial charge in [-0.3, -0.25) is 0 Å². The average molecular weight is 195 g/mol. The molecular formula is C6H7ClO5. The van der Waals surface area contributed by atoms with Gasteiger partial charge in [-0.2, -0.15) is 4.29 Å². The van der Waals surface area contributed by atoms with Gasteiger partial charge < -0.3 is 9.40 Å². The van der Waals surface area contributed by atoms with E-state index in [2.05, 4.69) is 9.03 Å². The van der Waals surface area contributed by atoms with Crippen molar-refractivity contribution < 1.29 is 34.6 Å². The largest absolute Gasteiger partial charge is 0.495 e. The van der Waals surface area contributed by atoms with Gasteiger partial charge in [0.2, 0.25) is 0 Å². The summed E-state index contributed by atoms with van der Waals surface area (Å²) in [5.41, 5.74) is 0. The van der Waals surface area contributed by atoms with Gasteiger partial charge in [0.15, 0.2) is 0 Å². The highest BCUT2D eigenvalue weighted by Gasteiger charge is 2.04. The van der Waals surface area contributed by atoms with Crippen LogP contribution in [0.5, 0.6) is 0 Å². The van der Waals surface area contributed by atoms with Crippen molar-refractivity contribution in [2.75, 3.05) is 6.61 Å². The standard InChI is InChI=1S/C6H7ClO5/c1-2-11-5(8)3-4-6(9)12-7-10/h3-4H,2H2,1H3/b4-3+. The summed E-state index contributed by atoms with van der Waals surface area (Å²) in [5.74, 6) is -1.56. The zero-order chi connectivity index (χ0) is 9.40. The third kappa shape index (κ3) is 5.70. The first kappa shape index (κ1) is 10.9. The maximum absolute atomic E-state index is 10.5. The Hall–Kier alpha value is -1.07. The summed E-state index contributed by atoms with van der Waals surface area (Å²) in [4.78, 5) is 20.9. The average Bonchev–Trinajstić information content (AvgIpc) is 2.02. The fraction of sp³-hybridized carbons (Fsp3) is 0.333. The number of hydrogen-bond acceptors (Lipinski definition) is 5. The number of halogens is 1. The third-order valence-corrected chi connectivity index (χ3v) is 0.965. The van der Waals surface area contributed by atoms with E-state index in [-0.39, 0.29) is 17.9 Å². The highest BCUT2D eigenvalue weighted by molar-refractivity contribution is 5.91. The summed E-state index contributed by atoms with van der Waals surface area (Å²) in [7, 11) is 0. The molecule has 0 saturated heterocycles. The first-order valence-corrected chi connectivity index (χ1v) is 3.65. The number of hydrogen-bond donors (Lipinski definition) is 0. The van der Waals surface area contributed by atoms with Gasteiger partial charge in [0.1, 0.15) is 0 Å². The molecule has 0 aromatic carbocycles. The van der Waals surface area contributed by atoms with E-state index in [1.165, 1.54) is 0 Å². The molecular weight excluding hydrogens is 188 g/mol. The van der Waals surface area contributed by atoms with Crippen LogP contribution in [0.2, 0.25) is 0 Å². The molecule has 0 radical (unpaired) electrons. The molecule has 5 nitrogen and oxygen atoms in total. The molecule has 0 aromatic rings. The molecule has 0 rings (SSSR count). The lowest BCUT2D eigenvalue weighted by atomic mass is 10.5. The van der Waals surface area contributed by atoms with Gasteiger partial charge in [-0.1, -0.05) is 0 Å². The monoisotopic (exact) mass is 194 g/mol. The molecule has 0 N–H and O–H groups in total. The number of ether oxygens (including phenoxy) is 1. The van der Waals surface area contributed by atoms with E-state index in [0.717, 1.165) is 12.2 Å². The van der Waals surface area contributed by atoms with Crippen molar-refractivity contribution >= 4 is 11.9 Å². The van der Waals surface area contributed by atoms with Crippen molar-refractivity contribution in [3.05, 3.63) is 12.2 Å². The molecule has 0 aliphatic carbocycles. The summed E-state index contributed by atoms with van der Waals surface area (Å²) in [6.45, 7) is 1.86. The van der Waals surface area contributed by atoms with Crippen molar-refractivity contribution in [3.63, 3.8) is 0 Å². The SMILES string of the molecule is CCOC(=O)/C=C/C(=O)O[Cl+][O-]. The van der Waals surface area contributed by atoms with Crippen LogP contribution < -0.4 is 4.66 Å². The van der Waals surface area contributed by atoms with Crippen LogP contribution in [0.4, 0.5) is 0 Å². The summed E-state index contributed by atoms with van der Waals surface area (Å²) in [5, 5.41) is 0. The van der Waals surface area contributed by atoms with Crippen LogP contribution in [0.25, 0.3) is 0 Å².